The van der Waals surface area contributed by atoms with Crippen molar-refractivity contribution < 1.29 is 9.59 Å². The van der Waals surface area contributed by atoms with Crippen LogP contribution in [0.4, 0.5) is 11.4 Å². The Labute approximate surface area is 159 Å². The number of anilines is 2. The van der Waals surface area contributed by atoms with Crippen LogP contribution in [0.2, 0.25) is 0 Å². The van der Waals surface area contributed by atoms with Crippen LogP contribution in [0.3, 0.4) is 0 Å². The minimum Gasteiger partial charge on any atom is -0.325 e. The van der Waals surface area contributed by atoms with Gasteiger partial charge in [-0.15, -0.1) is 0 Å². The molecule has 1 aromatic heterocycles. The number of aryl methyl sites for hydroxylation is 2. The monoisotopic (exact) mass is 361 g/mol. The third-order valence-corrected chi connectivity index (χ3v) is 4.42. The molecule has 3 rings (SSSR count). The molecule has 0 aliphatic carbocycles. The zero-order chi connectivity index (χ0) is 19.6. The van der Waals surface area contributed by atoms with E-state index in [0.29, 0.717) is 16.9 Å². The van der Waals surface area contributed by atoms with Crippen LogP contribution in [-0.2, 0) is 4.79 Å². The molecule has 0 spiro atoms. The van der Waals surface area contributed by atoms with Gasteiger partial charge < -0.3 is 15.2 Å². The van der Waals surface area contributed by atoms with Crippen LogP contribution in [-0.4, -0.2) is 16.4 Å². The normalized spacial score (nSPS) is 10.5. The topological polar surface area (TPSA) is 63.1 Å². The molecule has 27 heavy (non-hydrogen) atoms. The maximum Gasteiger partial charge on any atom is 0.257 e. The predicted molar refractivity (Wildman–Crippen MR) is 109 cm³/mol. The molecule has 0 fully saturated rings. The molecule has 1 heterocycles. The quantitative estimate of drug-likeness (QED) is 0.712. The van der Waals surface area contributed by atoms with Gasteiger partial charge in [0.1, 0.15) is 0 Å². The Balaban J connectivity index is 1.95. The van der Waals surface area contributed by atoms with E-state index in [4.69, 9.17) is 0 Å². The molecule has 0 saturated carbocycles. The van der Waals surface area contributed by atoms with Crippen molar-refractivity contribution in [2.24, 2.45) is 0 Å². The van der Waals surface area contributed by atoms with E-state index in [0.717, 1.165) is 22.6 Å². The minimum atomic E-state index is -0.206. The number of para-hydroxylation sites is 1. The van der Waals surface area contributed by atoms with Crippen molar-refractivity contribution in [1.29, 1.82) is 0 Å². The SMILES string of the molecule is CC(=O)Nc1ccc(C)cc1NC(=O)c1cc(C)n(-c2ccccc2)c1C. The van der Waals surface area contributed by atoms with Crippen molar-refractivity contribution in [3.05, 3.63) is 77.1 Å². The predicted octanol–water partition coefficient (Wildman–Crippen LogP) is 4.61. The second-order valence-corrected chi connectivity index (χ2v) is 6.64. The summed E-state index contributed by atoms with van der Waals surface area (Å²) in [5.41, 5.74) is 5.62. The second kappa shape index (κ2) is 7.50. The lowest BCUT2D eigenvalue weighted by atomic mass is 10.1. The van der Waals surface area contributed by atoms with E-state index < -0.39 is 0 Å². The van der Waals surface area contributed by atoms with E-state index in [9.17, 15) is 9.59 Å². The first kappa shape index (κ1) is 18.5. The van der Waals surface area contributed by atoms with E-state index in [2.05, 4.69) is 15.2 Å². The highest BCUT2D eigenvalue weighted by molar-refractivity contribution is 6.08. The Morgan fingerprint density at radius 1 is 0.852 bits per heavy atom. The van der Waals surface area contributed by atoms with Crippen LogP contribution in [0.5, 0.6) is 0 Å². The number of aromatic nitrogens is 1. The number of nitrogens with zero attached hydrogens (tertiary/aromatic N) is 1. The molecule has 3 aromatic rings. The molecule has 2 amide bonds. The largest absolute Gasteiger partial charge is 0.325 e. The molecule has 2 aromatic carbocycles. The summed E-state index contributed by atoms with van der Waals surface area (Å²) in [6.45, 7) is 7.29. The summed E-state index contributed by atoms with van der Waals surface area (Å²) >= 11 is 0. The smallest absolute Gasteiger partial charge is 0.257 e. The van der Waals surface area contributed by atoms with Gasteiger partial charge in [-0.1, -0.05) is 24.3 Å². The Morgan fingerprint density at radius 3 is 2.22 bits per heavy atom. The lowest BCUT2D eigenvalue weighted by Gasteiger charge is -2.13. The van der Waals surface area contributed by atoms with Gasteiger partial charge in [-0.3, -0.25) is 9.59 Å². The Morgan fingerprint density at radius 2 is 1.56 bits per heavy atom. The third-order valence-electron chi connectivity index (χ3n) is 4.42. The van der Waals surface area contributed by atoms with Gasteiger partial charge in [0, 0.05) is 24.0 Å². The molecular weight excluding hydrogens is 338 g/mol. The fraction of sp³-hybridized carbons (Fsp3) is 0.182. The van der Waals surface area contributed by atoms with Crippen molar-refractivity contribution >= 4 is 23.2 Å². The van der Waals surface area contributed by atoms with E-state index in [-0.39, 0.29) is 11.8 Å². The standard InChI is InChI=1S/C22H23N3O2/c1-14-10-11-20(23-17(4)26)21(12-14)24-22(27)19-13-15(2)25(16(19)3)18-8-6-5-7-9-18/h5-13H,1-4H3,(H,23,26)(H,24,27). The molecule has 0 radical (unpaired) electrons. The van der Waals surface area contributed by atoms with Gasteiger partial charge in [-0.2, -0.15) is 0 Å². The fourth-order valence-electron chi connectivity index (χ4n) is 3.22. The maximum atomic E-state index is 12.9. The highest BCUT2D eigenvalue weighted by Crippen LogP contribution is 2.26. The van der Waals surface area contributed by atoms with Crippen LogP contribution in [0, 0.1) is 20.8 Å². The first-order valence-corrected chi connectivity index (χ1v) is 8.81. The van der Waals surface area contributed by atoms with E-state index >= 15 is 0 Å². The van der Waals surface area contributed by atoms with Crippen LogP contribution in [0.1, 0.15) is 34.2 Å². The lowest BCUT2D eigenvalue weighted by Crippen LogP contribution is -2.16. The molecular formula is C22H23N3O2. The Hall–Kier alpha value is -3.34. The van der Waals surface area contributed by atoms with Gasteiger partial charge in [0.25, 0.3) is 5.91 Å². The summed E-state index contributed by atoms with van der Waals surface area (Å²) in [6.07, 6.45) is 0. The number of hydrogen-bond donors (Lipinski definition) is 2. The molecule has 0 saturated heterocycles. The minimum absolute atomic E-state index is 0.184. The third kappa shape index (κ3) is 3.92. The molecule has 138 valence electrons. The van der Waals surface area contributed by atoms with Gasteiger partial charge in [0.2, 0.25) is 5.91 Å². The number of nitrogens with one attached hydrogen (secondary N) is 2. The molecule has 0 aliphatic heterocycles. The van der Waals surface area contributed by atoms with Gasteiger partial charge in [0.05, 0.1) is 16.9 Å². The summed E-state index contributed by atoms with van der Waals surface area (Å²) in [4.78, 5) is 24.4. The Bertz CT molecular complexity index is 1000. The van der Waals surface area contributed by atoms with Gasteiger partial charge in [0.15, 0.2) is 0 Å². The summed E-state index contributed by atoms with van der Waals surface area (Å²) in [7, 11) is 0. The molecule has 2 N–H and O–H groups in total. The van der Waals surface area contributed by atoms with E-state index in [1.807, 2.05) is 69.3 Å². The zero-order valence-corrected chi connectivity index (χ0v) is 16.0. The average Bonchev–Trinajstić information content (AvgIpc) is 2.92. The number of carbonyl (C=O) groups excluding carboxylic acids is 2. The highest BCUT2D eigenvalue weighted by Gasteiger charge is 2.18. The van der Waals surface area contributed by atoms with Crippen molar-refractivity contribution in [3.63, 3.8) is 0 Å². The number of carbonyl (C=O) groups is 2. The number of rotatable bonds is 4. The number of amides is 2. The fourth-order valence-corrected chi connectivity index (χ4v) is 3.22. The molecule has 0 aliphatic rings. The molecule has 0 atom stereocenters. The lowest BCUT2D eigenvalue weighted by molar-refractivity contribution is -0.114. The van der Waals surface area contributed by atoms with E-state index in [1.54, 1.807) is 6.07 Å². The average molecular weight is 361 g/mol. The van der Waals surface area contributed by atoms with Crippen LogP contribution in [0.25, 0.3) is 5.69 Å². The second-order valence-electron chi connectivity index (χ2n) is 6.64. The summed E-state index contributed by atoms with van der Waals surface area (Å²) in [6, 6.07) is 17.3. The van der Waals surface area contributed by atoms with Crippen LogP contribution in [0.15, 0.2) is 54.6 Å². The first-order valence-electron chi connectivity index (χ1n) is 8.81. The van der Waals surface area contributed by atoms with Crippen LogP contribution < -0.4 is 10.6 Å². The molecule has 0 bridgehead atoms. The first-order chi connectivity index (χ1) is 12.9. The van der Waals surface area contributed by atoms with Crippen LogP contribution >= 0.6 is 0 Å². The zero-order valence-electron chi connectivity index (χ0n) is 16.0. The molecule has 0 unspecified atom stereocenters. The van der Waals surface area contributed by atoms with Crippen molar-refractivity contribution in [3.8, 4) is 5.69 Å². The molecule has 5 nitrogen and oxygen atoms in total. The van der Waals surface area contributed by atoms with Gasteiger partial charge >= 0.3 is 0 Å². The van der Waals surface area contributed by atoms with Gasteiger partial charge in [-0.25, -0.2) is 0 Å². The number of benzene rings is 2. The Kier molecular flexibility index (Phi) is 5.12. The van der Waals surface area contributed by atoms with Gasteiger partial charge in [-0.05, 0) is 56.7 Å². The summed E-state index contributed by atoms with van der Waals surface area (Å²) < 4.78 is 2.06. The molecule has 5 heteroatoms. The summed E-state index contributed by atoms with van der Waals surface area (Å²) in [5, 5.41) is 5.69. The number of hydrogen-bond acceptors (Lipinski definition) is 2. The van der Waals surface area contributed by atoms with E-state index in [1.165, 1.54) is 6.92 Å². The summed E-state index contributed by atoms with van der Waals surface area (Å²) in [5.74, 6) is -0.390. The van der Waals surface area contributed by atoms with Crippen molar-refractivity contribution in [2.75, 3.05) is 10.6 Å². The van der Waals surface area contributed by atoms with Crippen molar-refractivity contribution in [2.45, 2.75) is 27.7 Å². The highest BCUT2D eigenvalue weighted by atomic mass is 16.2. The van der Waals surface area contributed by atoms with Crippen molar-refractivity contribution in [1.82, 2.24) is 4.57 Å². The maximum absolute atomic E-state index is 12.9.